The number of nitro groups is 1. The van der Waals surface area contributed by atoms with E-state index in [-0.39, 0.29) is 17.9 Å². The molecule has 7 heteroatoms. The SMILES string of the molecule is Cc1cnc(NCCCCC(=O)O)c([N+](=O)[O-])c1. The molecule has 0 aliphatic heterocycles. The van der Waals surface area contributed by atoms with E-state index in [1.54, 1.807) is 13.1 Å². The van der Waals surface area contributed by atoms with Crippen molar-refractivity contribution in [1.29, 1.82) is 0 Å². The molecular formula is C11H15N3O4. The molecular weight excluding hydrogens is 238 g/mol. The zero-order valence-corrected chi connectivity index (χ0v) is 10.0. The summed E-state index contributed by atoms with van der Waals surface area (Å²) in [6, 6.07) is 1.45. The topological polar surface area (TPSA) is 105 Å². The van der Waals surface area contributed by atoms with Crippen molar-refractivity contribution in [2.45, 2.75) is 26.2 Å². The van der Waals surface area contributed by atoms with Crippen LogP contribution >= 0.6 is 0 Å². The molecule has 0 fully saturated rings. The summed E-state index contributed by atoms with van der Waals surface area (Å²) >= 11 is 0. The second kappa shape index (κ2) is 6.53. The van der Waals surface area contributed by atoms with Gasteiger partial charge in [-0.05, 0) is 25.3 Å². The van der Waals surface area contributed by atoms with Crippen LogP contribution in [0.15, 0.2) is 12.3 Å². The molecule has 1 aromatic rings. The van der Waals surface area contributed by atoms with Gasteiger partial charge < -0.3 is 10.4 Å². The van der Waals surface area contributed by atoms with Gasteiger partial charge in [-0.15, -0.1) is 0 Å². The number of aryl methyl sites for hydroxylation is 1. The van der Waals surface area contributed by atoms with Crippen LogP contribution in [-0.2, 0) is 4.79 Å². The van der Waals surface area contributed by atoms with Gasteiger partial charge >= 0.3 is 11.7 Å². The van der Waals surface area contributed by atoms with Crippen LogP contribution in [0.25, 0.3) is 0 Å². The summed E-state index contributed by atoms with van der Waals surface area (Å²) in [6.07, 6.45) is 2.80. The van der Waals surface area contributed by atoms with Gasteiger partial charge in [0.15, 0.2) is 0 Å². The minimum absolute atomic E-state index is 0.0618. The average molecular weight is 253 g/mol. The van der Waals surface area contributed by atoms with Gasteiger partial charge in [0.05, 0.1) is 4.92 Å². The molecule has 0 aliphatic carbocycles. The number of hydrogen-bond acceptors (Lipinski definition) is 5. The molecule has 18 heavy (non-hydrogen) atoms. The van der Waals surface area contributed by atoms with Crippen molar-refractivity contribution < 1.29 is 14.8 Å². The number of unbranched alkanes of at least 4 members (excludes halogenated alkanes) is 1. The van der Waals surface area contributed by atoms with Gasteiger partial charge in [-0.2, -0.15) is 0 Å². The lowest BCUT2D eigenvalue weighted by Crippen LogP contribution is -2.07. The van der Waals surface area contributed by atoms with E-state index < -0.39 is 10.9 Å². The fraction of sp³-hybridized carbons (Fsp3) is 0.455. The van der Waals surface area contributed by atoms with Gasteiger partial charge in [0.2, 0.25) is 5.82 Å². The van der Waals surface area contributed by atoms with Gasteiger partial charge in [0, 0.05) is 25.2 Å². The van der Waals surface area contributed by atoms with E-state index in [1.807, 2.05) is 0 Å². The van der Waals surface area contributed by atoms with Crippen LogP contribution < -0.4 is 5.32 Å². The first-order valence-electron chi connectivity index (χ1n) is 5.57. The number of pyridine rings is 1. The molecule has 0 aromatic carbocycles. The maximum Gasteiger partial charge on any atom is 0.311 e. The molecule has 1 rings (SSSR count). The highest BCUT2D eigenvalue weighted by molar-refractivity contribution is 5.66. The Morgan fingerprint density at radius 2 is 2.28 bits per heavy atom. The lowest BCUT2D eigenvalue weighted by Gasteiger charge is -2.06. The summed E-state index contributed by atoms with van der Waals surface area (Å²) < 4.78 is 0. The zero-order valence-electron chi connectivity index (χ0n) is 10.0. The molecule has 1 aromatic heterocycles. The van der Waals surface area contributed by atoms with Crippen LogP contribution in [0.2, 0.25) is 0 Å². The lowest BCUT2D eigenvalue weighted by molar-refractivity contribution is -0.384. The van der Waals surface area contributed by atoms with Crippen molar-refractivity contribution in [3.8, 4) is 0 Å². The van der Waals surface area contributed by atoms with Gasteiger partial charge in [0.25, 0.3) is 0 Å². The molecule has 7 nitrogen and oxygen atoms in total. The van der Waals surface area contributed by atoms with Gasteiger partial charge in [-0.25, -0.2) is 4.98 Å². The van der Waals surface area contributed by atoms with Crippen molar-refractivity contribution in [2.24, 2.45) is 0 Å². The fourth-order valence-electron chi connectivity index (χ4n) is 1.44. The molecule has 0 radical (unpaired) electrons. The highest BCUT2D eigenvalue weighted by atomic mass is 16.6. The smallest absolute Gasteiger partial charge is 0.311 e. The first-order valence-corrected chi connectivity index (χ1v) is 5.57. The van der Waals surface area contributed by atoms with Crippen LogP contribution in [0.4, 0.5) is 11.5 Å². The van der Waals surface area contributed by atoms with Crippen molar-refractivity contribution in [2.75, 3.05) is 11.9 Å². The molecule has 0 saturated heterocycles. The largest absolute Gasteiger partial charge is 0.481 e. The maximum absolute atomic E-state index is 10.8. The quantitative estimate of drug-likeness (QED) is 0.437. The molecule has 0 spiro atoms. The number of aromatic nitrogens is 1. The zero-order chi connectivity index (χ0) is 13.5. The molecule has 0 amide bonds. The van der Waals surface area contributed by atoms with E-state index in [2.05, 4.69) is 10.3 Å². The van der Waals surface area contributed by atoms with Crippen molar-refractivity contribution >= 4 is 17.5 Å². The summed E-state index contributed by atoms with van der Waals surface area (Å²) in [4.78, 5) is 24.6. The first-order chi connectivity index (χ1) is 8.50. The Morgan fingerprint density at radius 3 is 2.89 bits per heavy atom. The van der Waals surface area contributed by atoms with E-state index >= 15 is 0 Å². The molecule has 0 saturated carbocycles. The van der Waals surface area contributed by atoms with Crippen LogP contribution in [-0.4, -0.2) is 27.5 Å². The molecule has 98 valence electrons. The van der Waals surface area contributed by atoms with E-state index in [4.69, 9.17) is 5.11 Å². The normalized spacial score (nSPS) is 10.1. The van der Waals surface area contributed by atoms with Crippen LogP contribution in [0.3, 0.4) is 0 Å². The minimum atomic E-state index is -0.838. The third-order valence-corrected chi connectivity index (χ3v) is 2.31. The van der Waals surface area contributed by atoms with Gasteiger partial charge in [0.1, 0.15) is 0 Å². The number of nitrogens with zero attached hydrogens (tertiary/aromatic N) is 2. The molecule has 0 unspecified atom stereocenters. The van der Waals surface area contributed by atoms with E-state index in [9.17, 15) is 14.9 Å². The fourth-order valence-corrected chi connectivity index (χ4v) is 1.44. The summed E-state index contributed by atoms with van der Waals surface area (Å²) in [5, 5.41) is 22.1. The van der Waals surface area contributed by atoms with Crippen LogP contribution in [0.1, 0.15) is 24.8 Å². The number of aliphatic carboxylic acids is 1. The molecule has 0 atom stereocenters. The number of hydrogen-bond donors (Lipinski definition) is 2. The Hall–Kier alpha value is -2.18. The second-order valence-electron chi connectivity index (χ2n) is 3.92. The highest BCUT2D eigenvalue weighted by Crippen LogP contribution is 2.22. The predicted molar refractivity (Wildman–Crippen MR) is 65.6 cm³/mol. The standard InChI is InChI=1S/C11H15N3O4/c1-8-6-9(14(17)18)11(13-7-8)12-5-3-2-4-10(15)16/h6-7H,2-5H2,1H3,(H,12,13)(H,15,16). The highest BCUT2D eigenvalue weighted by Gasteiger charge is 2.14. The number of carboxylic acid groups (broad SMARTS) is 1. The van der Waals surface area contributed by atoms with Crippen LogP contribution in [0.5, 0.6) is 0 Å². The lowest BCUT2D eigenvalue weighted by atomic mass is 10.2. The number of carbonyl (C=O) groups is 1. The summed E-state index contributed by atoms with van der Waals surface area (Å²) in [5.74, 6) is -0.615. The molecule has 2 N–H and O–H groups in total. The van der Waals surface area contributed by atoms with Crippen molar-refractivity contribution in [3.05, 3.63) is 27.9 Å². The average Bonchev–Trinajstić information content (AvgIpc) is 2.29. The molecule has 0 aliphatic rings. The summed E-state index contributed by atoms with van der Waals surface area (Å²) in [5.41, 5.74) is 0.659. The third-order valence-electron chi connectivity index (χ3n) is 2.31. The Bertz CT molecular complexity index is 448. The number of anilines is 1. The van der Waals surface area contributed by atoms with E-state index in [0.717, 1.165) is 5.56 Å². The van der Waals surface area contributed by atoms with Gasteiger partial charge in [-0.3, -0.25) is 14.9 Å². The third kappa shape index (κ3) is 4.36. The van der Waals surface area contributed by atoms with Gasteiger partial charge in [-0.1, -0.05) is 0 Å². The Balaban J connectivity index is 2.51. The minimum Gasteiger partial charge on any atom is -0.481 e. The maximum atomic E-state index is 10.8. The first kappa shape index (κ1) is 13.9. The number of rotatable bonds is 7. The monoisotopic (exact) mass is 253 g/mol. The Kier molecular flexibility index (Phi) is 5.04. The van der Waals surface area contributed by atoms with E-state index in [1.165, 1.54) is 6.07 Å². The summed E-state index contributed by atoms with van der Waals surface area (Å²) in [6.45, 7) is 2.20. The predicted octanol–water partition coefficient (Wildman–Crippen LogP) is 1.97. The number of carboxylic acids is 1. The van der Waals surface area contributed by atoms with Crippen molar-refractivity contribution in [3.63, 3.8) is 0 Å². The molecule has 1 heterocycles. The second-order valence-corrected chi connectivity index (χ2v) is 3.92. The Morgan fingerprint density at radius 1 is 1.56 bits per heavy atom. The van der Waals surface area contributed by atoms with Crippen molar-refractivity contribution in [1.82, 2.24) is 4.98 Å². The molecule has 0 bridgehead atoms. The number of nitrogens with one attached hydrogen (secondary N) is 1. The Labute approximate surface area is 104 Å². The van der Waals surface area contributed by atoms with Crippen LogP contribution in [0, 0.1) is 17.0 Å². The summed E-state index contributed by atoms with van der Waals surface area (Å²) in [7, 11) is 0. The van der Waals surface area contributed by atoms with E-state index in [0.29, 0.717) is 19.4 Å².